The Kier molecular flexibility index (Phi) is 3.35. The SMILES string of the molecule is c1ccc(-c2nnccc2C2CCCCC2)cc1. The van der Waals surface area contributed by atoms with Crippen molar-refractivity contribution < 1.29 is 0 Å². The predicted octanol–water partition coefficient (Wildman–Crippen LogP) is 4.19. The van der Waals surface area contributed by atoms with Crippen LogP contribution >= 0.6 is 0 Å². The third-order valence-corrected chi connectivity index (χ3v) is 3.84. The molecule has 1 heterocycles. The van der Waals surface area contributed by atoms with Crippen LogP contribution in [0.15, 0.2) is 42.6 Å². The van der Waals surface area contributed by atoms with Gasteiger partial charge in [-0.05, 0) is 30.4 Å². The molecule has 0 amide bonds. The van der Waals surface area contributed by atoms with Crippen molar-refractivity contribution in [2.75, 3.05) is 0 Å². The number of hydrogen-bond acceptors (Lipinski definition) is 2. The first kappa shape index (κ1) is 11.4. The van der Waals surface area contributed by atoms with Crippen molar-refractivity contribution in [3.8, 4) is 11.3 Å². The van der Waals surface area contributed by atoms with E-state index < -0.39 is 0 Å². The Morgan fingerprint density at radius 2 is 1.67 bits per heavy atom. The fourth-order valence-corrected chi connectivity index (χ4v) is 2.90. The number of aromatic nitrogens is 2. The number of rotatable bonds is 2. The second-order valence-corrected chi connectivity index (χ2v) is 5.04. The summed E-state index contributed by atoms with van der Waals surface area (Å²) in [5, 5.41) is 8.44. The zero-order valence-electron chi connectivity index (χ0n) is 10.5. The second kappa shape index (κ2) is 5.30. The topological polar surface area (TPSA) is 25.8 Å². The first-order valence-corrected chi connectivity index (χ1v) is 6.82. The normalized spacial score (nSPS) is 16.7. The summed E-state index contributed by atoms with van der Waals surface area (Å²) in [6.45, 7) is 0. The fraction of sp³-hybridized carbons (Fsp3) is 0.375. The highest BCUT2D eigenvalue weighted by molar-refractivity contribution is 5.63. The van der Waals surface area contributed by atoms with Crippen LogP contribution in [0.25, 0.3) is 11.3 Å². The Labute approximate surface area is 108 Å². The minimum absolute atomic E-state index is 0.671. The molecule has 1 saturated carbocycles. The lowest BCUT2D eigenvalue weighted by molar-refractivity contribution is 0.443. The van der Waals surface area contributed by atoms with Gasteiger partial charge in [0.05, 0.1) is 5.69 Å². The first-order valence-electron chi connectivity index (χ1n) is 6.82. The molecule has 0 radical (unpaired) electrons. The lowest BCUT2D eigenvalue weighted by Gasteiger charge is -2.23. The monoisotopic (exact) mass is 238 g/mol. The summed E-state index contributed by atoms with van der Waals surface area (Å²) in [6.07, 6.45) is 8.51. The Balaban J connectivity index is 1.99. The van der Waals surface area contributed by atoms with Gasteiger partial charge >= 0.3 is 0 Å². The third kappa shape index (κ3) is 2.28. The van der Waals surface area contributed by atoms with Gasteiger partial charge in [0, 0.05) is 11.8 Å². The maximum absolute atomic E-state index is 4.37. The molecule has 2 heteroatoms. The summed E-state index contributed by atoms with van der Waals surface area (Å²) in [5.41, 5.74) is 3.65. The van der Waals surface area contributed by atoms with Crippen molar-refractivity contribution in [3.63, 3.8) is 0 Å². The summed E-state index contributed by atoms with van der Waals surface area (Å²) in [5.74, 6) is 0.671. The first-order chi connectivity index (χ1) is 8.95. The van der Waals surface area contributed by atoms with Crippen LogP contribution in [-0.2, 0) is 0 Å². The molecule has 1 aliphatic carbocycles. The van der Waals surface area contributed by atoms with Crippen LogP contribution in [-0.4, -0.2) is 10.2 Å². The summed E-state index contributed by atoms with van der Waals surface area (Å²) in [6, 6.07) is 12.6. The third-order valence-electron chi connectivity index (χ3n) is 3.84. The molecule has 0 N–H and O–H groups in total. The van der Waals surface area contributed by atoms with Gasteiger partial charge in [0.25, 0.3) is 0 Å². The van der Waals surface area contributed by atoms with E-state index in [4.69, 9.17) is 0 Å². The molecule has 2 nitrogen and oxygen atoms in total. The van der Waals surface area contributed by atoms with E-state index in [2.05, 4.69) is 40.5 Å². The molecule has 18 heavy (non-hydrogen) atoms. The average Bonchev–Trinajstić information content (AvgIpc) is 2.49. The van der Waals surface area contributed by atoms with Gasteiger partial charge in [0.1, 0.15) is 0 Å². The zero-order valence-corrected chi connectivity index (χ0v) is 10.5. The fourth-order valence-electron chi connectivity index (χ4n) is 2.90. The molecular weight excluding hydrogens is 220 g/mol. The summed E-state index contributed by atoms with van der Waals surface area (Å²) in [4.78, 5) is 0. The molecule has 0 unspecified atom stereocenters. The zero-order chi connectivity index (χ0) is 12.2. The van der Waals surface area contributed by atoms with E-state index in [0.717, 1.165) is 5.69 Å². The van der Waals surface area contributed by atoms with Gasteiger partial charge in [0.2, 0.25) is 0 Å². The van der Waals surface area contributed by atoms with Gasteiger partial charge in [-0.3, -0.25) is 0 Å². The second-order valence-electron chi connectivity index (χ2n) is 5.04. The summed E-state index contributed by atoms with van der Waals surface area (Å²) < 4.78 is 0. The molecule has 92 valence electrons. The standard InChI is InChI=1S/C16H18N2/c1-3-7-13(8-4-1)15-11-12-17-18-16(15)14-9-5-2-6-10-14/h2,5-6,9-13H,1,3-4,7-8H2. The lowest BCUT2D eigenvalue weighted by Crippen LogP contribution is -2.07. The lowest BCUT2D eigenvalue weighted by atomic mass is 9.83. The van der Waals surface area contributed by atoms with Gasteiger partial charge < -0.3 is 0 Å². The maximum atomic E-state index is 4.37. The highest BCUT2D eigenvalue weighted by atomic mass is 15.1. The number of hydrogen-bond donors (Lipinski definition) is 0. The van der Waals surface area contributed by atoms with Crippen molar-refractivity contribution in [1.82, 2.24) is 10.2 Å². The van der Waals surface area contributed by atoms with Crippen molar-refractivity contribution in [2.24, 2.45) is 0 Å². The smallest absolute Gasteiger partial charge is 0.0964 e. The van der Waals surface area contributed by atoms with E-state index in [1.807, 2.05) is 12.3 Å². The molecule has 1 fully saturated rings. The van der Waals surface area contributed by atoms with Crippen LogP contribution < -0.4 is 0 Å². The highest BCUT2D eigenvalue weighted by Gasteiger charge is 2.19. The van der Waals surface area contributed by atoms with Gasteiger partial charge in [-0.1, -0.05) is 49.6 Å². The van der Waals surface area contributed by atoms with Crippen LogP contribution in [0.4, 0.5) is 0 Å². The molecule has 1 aromatic carbocycles. The maximum Gasteiger partial charge on any atom is 0.0964 e. The van der Waals surface area contributed by atoms with Gasteiger partial charge in [-0.25, -0.2) is 0 Å². The molecule has 1 aliphatic rings. The van der Waals surface area contributed by atoms with Crippen LogP contribution in [0.3, 0.4) is 0 Å². The Hall–Kier alpha value is -1.70. The summed E-state index contributed by atoms with van der Waals surface area (Å²) in [7, 11) is 0. The minimum Gasteiger partial charge on any atom is -0.159 e. The van der Waals surface area contributed by atoms with Crippen LogP contribution in [0.1, 0.15) is 43.6 Å². The van der Waals surface area contributed by atoms with E-state index in [9.17, 15) is 0 Å². The molecule has 0 atom stereocenters. The Morgan fingerprint density at radius 3 is 2.44 bits per heavy atom. The van der Waals surface area contributed by atoms with E-state index >= 15 is 0 Å². The molecule has 1 aromatic heterocycles. The van der Waals surface area contributed by atoms with E-state index in [1.54, 1.807) is 0 Å². The van der Waals surface area contributed by atoms with E-state index in [-0.39, 0.29) is 0 Å². The van der Waals surface area contributed by atoms with Gasteiger partial charge in [-0.15, -0.1) is 0 Å². The van der Waals surface area contributed by atoms with Crippen LogP contribution in [0, 0.1) is 0 Å². The van der Waals surface area contributed by atoms with Crippen LogP contribution in [0.5, 0.6) is 0 Å². The van der Waals surface area contributed by atoms with Crippen molar-refractivity contribution in [3.05, 3.63) is 48.2 Å². The van der Waals surface area contributed by atoms with Crippen molar-refractivity contribution >= 4 is 0 Å². The van der Waals surface area contributed by atoms with Gasteiger partial charge in [-0.2, -0.15) is 10.2 Å². The summed E-state index contributed by atoms with van der Waals surface area (Å²) >= 11 is 0. The molecule has 3 rings (SSSR count). The van der Waals surface area contributed by atoms with E-state index in [1.165, 1.54) is 43.2 Å². The highest BCUT2D eigenvalue weighted by Crippen LogP contribution is 2.36. The Morgan fingerprint density at radius 1 is 0.889 bits per heavy atom. The van der Waals surface area contributed by atoms with E-state index in [0.29, 0.717) is 5.92 Å². The molecule has 2 aromatic rings. The molecule has 0 spiro atoms. The predicted molar refractivity (Wildman–Crippen MR) is 73.3 cm³/mol. The molecule has 0 saturated heterocycles. The van der Waals surface area contributed by atoms with Gasteiger partial charge in [0.15, 0.2) is 0 Å². The Bertz CT molecular complexity index is 502. The average molecular weight is 238 g/mol. The number of benzene rings is 1. The van der Waals surface area contributed by atoms with Crippen LogP contribution in [0.2, 0.25) is 0 Å². The minimum atomic E-state index is 0.671. The largest absolute Gasteiger partial charge is 0.159 e. The molecule has 0 aliphatic heterocycles. The molecular formula is C16H18N2. The van der Waals surface area contributed by atoms with Crippen molar-refractivity contribution in [2.45, 2.75) is 38.0 Å². The van der Waals surface area contributed by atoms with Crippen molar-refractivity contribution in [1.29, 1.82) is 0 Å². The molecule has 0 bridgehead atoms. The quantitative estimate of drug-likeness (QED) is 0.784. The number of nitrogens with zero attached hydrogens (tertiary/aromatic N) is 2.